The van der Waals surface area contributed by atoms with Gasteiger partial charge in [0.1, 0.15) is 6.04 Å². The molecule has 0 bridgehead atoms. The molecule has 0 amide bonds. The van der Waals surface area contributed by atoms with Gasteiger partial charge in [-0.1, -0.05) is 13.8 Å². The van der Waals surface area contributed by atoms with Crippen LogP contribution in [0.1, 0.15) is 27.2 Å². The second kappa shape index (κ2) is 5.31. The van der Waals surface area contributed by atoms with Crippen molar-refractivity contribution in [1.29, 1.82) is 0 Å². The van der Waals surface area contributed by atoms with Gasteiger partial charge in [-0.05, 0) is 19.3 Å². The normalized spacial score (nSPS) is 14.3. The highest BCUT2D eigenvalue weighted by Crippen LogP contribution is 2.02. The van der Waals surface area contributed by atoms with Crippen LogP contribution in [-0.4, -0.2) is 31.3 Å². The van der Waals surface area contributed by atoms with E-state index >= 15 is 0 Å². The molecule has 84 valence electrons. The van der Waals surface area contributed by atoms with Crippen molar-refractivity contribution < 1.29 is 18.3 Å². The van der Waals surface area contributed by atoms with Gasteiger partial charge < -0.3 is 5.11 Å². The monoisotopic (exact) mass is 223 g/mol. The molecule has 0 aliphatic carbocycles. The van der Waals surface area contributed by atoms with Gasteiger partial charge in [0.25, 0.3) is 0 Å². The molecule has 0 saturated carbocycles. The number of carboxylic acids is 1. The number of hydrogen-bond donors (Lipinski definition) is 2. The van der Waals surface area contributed by atoms with Crippen LogP contribution in [0.4, 0.5) is 0 Å². The quantitative estimate of drug-likeness (QED) is 0.683. The van der Waals surface area contributed by atoms with E-state index in [2.05, 4.69) is 4.72 Å². The van der Waals surface area contributed by atoms with E-state index in [-0.39, 0.29) is 11.7 Å². The molecule has 0 spiro atoms. The van der Waals surface area contributed by atoms with E-state index in [1.807, 2.05) is 13.8 Å². The summed E-state index contributed by atoms with van der Waals surface area (Å²) in [7, 11) is -3.45. The maximum atomic E-state index is 11.3. The second-order valence-electron chi connectivity index (χ2n) is 3.68. The molecule has 5 nitrogen and oxygen atoms in total. The predicted molar refractivity (Wildman–Crippen MR) is 53.5 cm³/mol. The minimum atomic E-state index is -3.45. The van der Waals surface area contributed by atoms with E-state index in [4.69, 9.17) is 5.11 Å². The summed E-state index contributed by atoms with van der Waals surface area (Å²) in [5.74, 6) is -0.910. The number of rotatable bonds is 6. The summed E-state index contributed by atoms with van der Waals surface area (Å²) in [5.41, 5.74) is 0. The maximum absolute atomic E-state index is 11.3. The minimum absolute atomic E-state index is 0.0255. The molecule has 0 fully saturated rings. The molecule has 6 heteroatoms. The molecular weight excluding hydrogens is 206 g/mol. The molecular formula is C8H17NO4S. The molecule has 0 aromatic heterocycles. The third-order valence-electron chi connectivity index (χ3n) is 1.69. The summed E-state index contributed by atoms with van der Waals surface area (Å²) in [6.07, 6.45) is 0.529. The zero-order chi connectivity index (χ0) is 11.4. The van der Waals surface area contributed by atoms with Crippen molar-refractivity contribution in [2.75, 3.05) is 5.75 Å². The van der Waals surface area contributed by atoms with Crippen LogP contribution in [0.25, 0.3) is 0 Å². The lowest BCUT2D eigenvalue weighted by molar-refractivity contribution is -0.138. The first-order valence-corrected chi connectivity index (χ1v) is 6.12. The fourth-order valence-corrected chi connectivity index (χ4v) is 2.31. The fraction of sp³-hybridized carbons (Fsp3) is 0.875. The Kier molecular flexibility index (Phi) is 5.07. The van der Waals surface area contributed by atoms with Gasteiger partial charge in [-0.2, -0.15) is 0 Å². The largest absolute Gasteiger partial charge is 0.480 e. The Hall–Kier alpha value is -0.620. The topological polar surface area (TPSA) is 83.5 Å². The van der Waals surface area contributed by atoms with Crippen molar-refractivity contribution in [3.8, 4) is 0 Å². The molecule has 2 N–H and O–H groups in total. The Morgan fingerprint density at radius 1 is 1.36 bits per heavy atom. The van der Waals surface area contributed by atoms with Crippen LogP contribution in [0, 0.1) is 5.92 Å². The summed E-state index contributed by atoms with van der Waals surface area (Å²) in [6.45, 7) is 5.13. The molecule has 0 aliphatic rings. The van der Waals surface area contributed by atoms with Crippen LogP contribution in [0.5, 0.6) is 0 Å². The van der Waals surface area contributed by atoms with Gasteiger partial charge in [0.15, 0.2) is 0 Å². The Balaban J connectivity index is 4.15. The van der Waals surface area contributed by atoms with E-state index in [1.54, 1.807) is 0 Å². The molecule has 1 atom stereocenters. The number of nitrogens with one attached hydrogen (secondary N) is 1. The maximum Gasteiger partial charge on any atom is 0.321 e. The Labute approximate surface area is 84.6 Å². The van der Waals surface area contributed by atoms with Crippen molar-refractivity contribution in [3.05, 3.63) is 0 Å². The lowest BCUT2D eigenvalue weighted by Gasteiger charge is -2.10. The number of carboxylic acid groups (broad SMARTS) is 1. The minimum Gasteiger partial charge on any atom is -0.480 e. The fourth-order valence-electron chi connectivity index (χ4n) is 0.770. The molecule has 0 rings (SSSR count). The van der Waals surface area contributed by atoms with Crippen LogP contribution in [0.3, 0.4) is 0 Å². The zero-order valence-electron chi connectivity index (χ0n) is 8.65. The molecule has 0 aromatic rings. The first kappa shape index (κ1) is 13.4. The first-order valence-electron chi connectivity index (χ1n) is 4.47. The molecule has 0 radical (unpaired) electrons. The third-order valence-corrected chi connectivity index (χ3v) is 3.18. The van der Waals surface area contributed by atoms with Gasteiger partial charge in [-0.15, -0.1) is 0 Å². The van der Waals surface area contributed by atoms with Gasteiger partial charge in [0.2, 0.25) is 10.0 Å². The van der Waals surface area contributed by atoms with E-state index in [9.17, 15) is 13.2 Å². The number of hydrogen-bond acceptors (Lipinski definition) is 3. The molecule has 0 aromatic carbocycles. The predicted octanol–water partition coefficient (Wildman–Crippen LogP) is 0.425. The highest BCUT2D eigenvalue weighted by Gasteiger charge is 2.19. The molecule has 0 aliphatic heterocycles. The van der Waals surface area contributed by atoms with Crippen molar-refractivity contribution in [1.82, 2.24) is 4.72 Å². The molecule has 0 heterocycles. The smallest absolute Gasteiger partial charge is 0.321 e. The molecule has 0 saturated heterocycles. The van der Waals surface area contributed by atoms with E-state index < -0.39 is 22.0 Å². The lowest BCUT2D eigenvalue weighted by atomic mass is 10.2. The van der Waals surface area contributed by atoms with E-state index in [1.165, 1.54) is 6.92 Å². The zero-order valence-corrected chi connectivity index (χ0v) is 9.47. The van der Waals surface area contributed by atoms with Crippen LogP contribution in [0.15, 0.2) is 0 Å². The number of carbonyl (C=O) groups is 1. The van der Waals surface area contributed by atoms with Crippen molar-refractivity contribution in [3.63, 3.8) is 0 Å². The molecule has 14 heavy (non-hydrogen) atoms. The summed E-state index contributed by atoms with van der Waals surface area (Å²) >= 11 is 0. The first-order chi connectivity index (χ1) is 6.24. The summed E-state index contributed by atoms with van der Waals surface area (Å²) in [6, 6.07) is -1.06. The van der Waals surface area contributed by atoms with Gasteiger partial charge >= 0.3 is 5.97 Å². The van der Waals surface area contributed by atoms with Crippen molar-refractivity contribution in [2.24, 2.45) is 5.92 Å². The van der Waals surface area contributed by atoms with Crippen LogP contribution >= 0.6 is 0 Å². The average molecular weight is 223 g/mol. The van der Waals surface area contributed by atoms with Crippen molar-refractivity contribution >= 4 is 16.0 Å². The summed E-state index contributed by atoms with van der Waals surface area (Å²) in [5, 5.41) is 8.50. The van der Waals surface area contributed by atoms with Crippen LogP contribution in [-0.2, 0) is 14.8 Å². The number of sulfonamides is 1. The summed E-state index contributed by atoms with van der Waals surface area (Å²) in [4.78, 5) is 10.4. The van der Waals surface area contributed by atoms with E-state index in [0.29, 0.717) is 6.42 Å². The highest BCUT2D eigenvalue weighted by atomic mass is 32.2. The van der Waals surface area contributed by atoms with E-state index in [0.717, 1.165) is 0 Å². The van der Waals surface area contributed by atoms with Gasteiger partial charge in [0, 0.05) is 0 Å². The van der Waals surface area contributed by atoms with Crippen LogP contribution < -0.4 is 4.72 Å². The summed E-state index contributed by atoms with van der Waals surface area (Å²) < 4.78 is 24.6. The van der Waals surface area contributed by atoms with Gasteiger partial charge in [-0.3, -0.25) is 4.79 Å². The average Bonchev–Trinajstić information content (AvgIpc) is 2.00. The van der Waals surface area contributed by atoms with Crippen molar-refractivity contribution in [2.45, 2.75) is 33.2 Å². The second-order valence-corrected chi connectivity index (χ2v) is 5.55. The SMILES string of the molecule is CC(C)CCS(=O)(=O)N[C@@H](C)C(=O)O. The van der Waals surface area contributed by atoms with Crippen LogP contribution in [0.2, 0.25) is 0 Å². The Morgan fingerprint density at radius 2 is 1.86 bits per heavy atom. The lowest BCUT2D eigenvalue weighted by Crippen LogP contribution is -2.39. The molecule has 0 unspecified atom stereocenters. The standard InChI is InChI=1S/C8H17NO4S/c1-6(2)4-5-14(12,13)9-7(3)8(10)11/h6-7,9H,4-5H2,1-3H3,(H,10,11)/t7-/m0/s1. The Bertz CT molecular complexity index is 284. The van der Waals surface area contributed by atoms with Gasteiger partial charge in [-0.25, -0.2) is 13.1 Å². The highest BCUT2D eigenvalue weighted by molar-refractivity contribution is 7.89. The third kappa shape index (κ3) is 5.93. The van der Waals surface area contributed by atoms with Gasteiger partial charge in [0.05, 0.1) is 5.75 Å². The Morgan fingerprint density at radius 3 is 2.21 bits per heavy atom. The number of aliphatic carboxylic acids is 1.